The summed E-state index contributed by atoms with van der Waals surface area (Å²) in [5.41, 5.74) is 1.90. The van der Waals surface area contributed by atoms with Crippen LogP contribution in [0.5, 0.6) is 0 Å². The molecule has 0 aromatic heterocycles. The fourth-order valence-electron chi connectivity index (χ4n) is 7.90. The molecule has 0 spiro atoms. The van der Waals surface area contributed by atoms with Gasteiger partial charge in [0.15, 0.2) is 0 Å². The zero-order chi connectivity index (χ0) is 30.8. The molecule has 2 rings (SSSR count). The van der Waals surface area contributed by atoms with E-state index in [4.69, 9.17) is 4.74 Å². The van der Waals surface area contributed by atoms with Crippen LogP contribution in [-0.2, 0) is 14.3 Å². The molecule has 240 valence electrons. The third-order valence-electron chi connectivity index (χ3n) is 10.7. The Hall–Kier alpha value is -1.84. The smallest absolute Gasteiger partial charge is 0.309 e. The maximum absolute atomic E-state index is 12.2. The SMILES string of the molecule is C=C1CC[C@@H]2[C@](C)(CCC[C@]2(C)C(=O)O)[C@H]1CC/C(C)=C/COC(=O)CCCCCCC/C=C\CCCCCCCC. The van der Waals surface area contributed by atoms with Crippen LogP contribution < -0.4 is 0 Å². The topological polar surface area (TPSA) is 63.6 Å². The number of carboxylic acids is 1. The van der Waals surface area contributed by atoms with Gasteiger partial charge in [-0.25, -0.2) is 0 Å². The van der Waals surface area contributed by atoms with Crippen molar-refractivity contribution in [3.63, 3.8) is 0 Å². The van der Waals surface area contributed by atoms with Gasteiger partial charge in [-0.2, -0.15) is 0 Å². The highest BCUT2D eigenvalue weighted by molar-refractivity contribution is 5.75. The van der Waals surface area contributed by atoms with Gasteiger partial charge in [0, 0.05) is 6.42 Å². The zero-order valence-electron chi connectivity index (χ0n) is 27.8. The standard InChI is InChI=1S/C38H64O4/c1-6-7-8-9-10-11-12-13-14-15-16-17-18-19-20-22-35(39)42-30-27-31(2)23-25-33-32(3)24-26-34-37(33,4)28-21-29-38(34,5)36(40)41/h13-14,27,33-34H,3,6-12,15-26,28-30H2,1-2,4-5H3,(H,40,41)/b14-13-,31-27+/t33-,34+,37+,38-/m0/s1. The van der Waals surface area contributed by atoms with Crippen LogP contribution in [0.4, 0.5) is 0 Å². The van der Waals surface area contributed by atoms with E-state index >= 15 is 0 Å². The Balaban J connectivity index is 1.56. The predicted molar refractivity (Wildman–Crippen MR) is 176 cm³/mol. The van der Waals surface area contributed by atoms with Crippen LogP contribution in [0.3, 0.4) is 0 Å². The van der Waals surface area contributed by atoms with Crippen LogP contribution in [0, 0.1) is 22.7 Å². The molecule has 4 atom stereocenters. The number of unbranched alkanes of at least 4 members (excludes halogenated alkanes) is 11. The number of carboxylic acid groups (broad SMARTS) is 1. The number of ether oxygens (including phenoxy) is 1. The van der Waals surface area contributed by atoms with Gasteiger partial charge in [0.25, 0.3) is 0 Å². The van der Waals surface area contributed by atoms with Gasteiger partial charge >= 0.3 is 11.9 Å². The monoisotopic (exact) mass is 584 g/mol. The summed E-state index contributed by atoms with van der Waals surface area (Å²) >= 11 is 0. The summed E-state index contributed by atoms with van der Waals surface area (Å²) in [4.78, 5) is 24.4. The number of carbonyl (C=O) groups is 2. The fourth-order valence-corrected chi connectivity index (χ4v) is 7.90. The van der Waals surface area contributed by atoms with E-state index in [0.717, 1.165) is 57.8 Å². The number of hydrogen-bond acceptors (Lipinski definition) is 3. The molecule has 2 aliphatic rings. The molecule has 0 radical (unpaired) electrons. The number of hydrogen-bond donors (Lipinski definition) is 1. The molecule has 42 heavy (non-hydrogen) atoms. The maximum Gasteiger partial charge on any atom is 0.309 e. The van der Waals surface area contributed by atoms with E-state index in [-0.39, 0.29) is 17.3 Å². The van der Waals surface area contributed by atoms with Crippen LogP contribution in [0.2, 0.25) is 0 Å². The summed E-state index contributed by atoms with van der Waals surface area (Å²) in [5, 5.41) is 10.1. The molecule has 1 N–H and O–H groups in total. The summed E-state index contributed by atoms with van der Waals surface area (Å²) in [5.74, 6) is -0.178. The normalized spacial score (nSPS) is 26.4. The van der Waals surface area contributed by atoms with E-state index in [2.05, 4.69) is 39.5 Å². The van der Waals surface area contributed by atoms with Crippen LogP contribution in [0.15, 0.2) is 36.0 Å². The minimum Gasteiger partial charge on any atom is -0.481 e. The van der Waals surface area contributed by atoms with Crippen molar-refractivity contribution < 1.29 is 19.4 Å². The first-order chi connectivity index (χ1) is 20.1. The lowest BCUT2D eigenvalue weighted by Crippen LogP contribution is -2.53. The molecule has 0 heterocycles. The van der Waals surface area contributed by atoms with Gasteiger partial charge in [-0.05, 0) is 108 Å². The van der Waals surface area contributed by atoms with E-state index < -0.39 is 11.4 Å². The van der Waals surface area contributed by atoms with Crippen LogP contribution >= 0.6 is 0 Å². The van der Waals surface area contributed by atoms with E-state index in [1.807, 2.05) is 13.0 Å². The van der Waals surface area contributed by atoms with E-state index in [0.29, 0.717) is 18.9 Å². The largest absolute Gasteiger partial charge is 0.481 e. The summed E-state index contributed by atoms with van der Waals surface area (Å²) in [6, 6.07) is 0. The second-order valence-electron chi connectivity index (χ2n) is 14.0. The fraction of sp³-hybridized carbons (Fsp3) is 0.789. The number of carbonyl (C=O) groups excluding carboxylic acids is 1. The summed E-state index contributed by atoms with van der Waals surface area (Å²) in [6.07, 6.45) is 30.2. The predicted octanol–water partition coefficient (Wildman–Crippen LogP) is 11.2. The van der Waals surface area contributed by atoms with Crippen molar-refractivity contribution in [1.82, 2.24) is 0 Å². The molecule has 0 amide bonds. The second-order valence-corrected chi connectivity index (χ2v) is 14.0. The highest BCUT2D eigenvalue weighted by Crippen LogP contribution is 2.62. The molecule has 2 fully saturated rings. The summed E-state index contributed by atoms with van der Waals surface area (Å²) < 4.78 is 5.50. The van der Waals surface area contributed by atoms with Crippen molar-refractivity contribution in [2.75, 3.05) is 6.61 Å². The van der Waals surface area contributed by atoms with Crippen molar-refractivity contribution in [1.29, 1.82) is 0 Å². The Bertz CT molecular complexity index is 886. The van der Waals surface area contributed by atoms with Gasteiger partial charge in [0.05, 0.1) is 5.41 Å². The van der Waals surface area contributed by atoms with Crippen LogP contribution in [-0.4, -0.2) is 23.7 Å². The Kier molecular flexibility index (Phi) is 16.8. The molecule has 0 aromatic carbocycles. The number of esters is 1. The number of aliphatic carboxylic acids is 1. The van der Waals surface area contributed by atoms with Crippen molar-refractivity contribution in [3.05, 3.63) is 36.0 Å². The Morgan fingerprint density at radius 3 is 2.19 bits per heavy atom. The summed E-state index contributed by atoms with van der Waals surface area (Å²) in [6.45, 7) is 13.4. The number of allylic oxidation sites excluding steroid dienone is 4. The highest BCUT2D eigenvalue weighted by Gasteiger charge is 2.57. The Morgan fingerprint density at radius 2 is 1.55 bits per heavy atom. The first kappa shape index (κ1) is 36.4. The van der Waals surface area contributed by atoms with Gasteiger partial charge in [-0.1, -0.05) is 102 Å². The molecule has 2 aliphatic carbocycles. The van der Waals surface area contributed by atoms with E-state index in [1.54, 1.807) is 0 Å². The number of fused-ring (bicyclic) bond motifs is 1. The quantitative estimate of drug-likeness (QED) is 0.0828. The van der Waals surface area contributed by atoms with Gasteiger partial charge in [0.2, 0.25) is 0 Å². The molecule has 0 bridgehead atoms. The van der Waals surface area contributed by atoms with Crippen molar-refractivity contribution in [3.8, 4) is 0 Å². The zero-order valence-corrected chi connectivity index (χ0v) is 27.8. The Morgan fingerprint density at radius 1 is 0.929 bits per heavy atom. The van der Waals surface area contributed by atoms with Gasteiger partial charge in [-0.15, -0.1) is 0 Å². The van der Waals surface area contributed by atoms with Gasteiger partial charge in [-0.3, -0.25) is 9.59 Å². The summed E-state index contributed by atoms with van der Waals surface area (Å²) in [7, 11) is 0. The molecule has 0 aliphatic heterocycles. The third kappa shape index (κ3) is 11.7. The van der Waals surface area contributed by atoms with Gasteiger partial charge < -0.3 is 9.84 Å². The Labute approximate surface area is 258 Å². The van der Waals surface area contributed by atoms with E-state index in [1.165, 1.54) is 81.8 Å². The number of rotatable bonds is 21. The van der Waals surface area contributed by atoms with Crippen molar-refractivity contribution in [2.45, 2.75) is 163 Å². The molecule has 0 aromatic rings. The second kappa shape index (κ2) is 19.4. The minimum atomic E-state index is -0.635. The molecule has 0 saturated heterocycles. The average molecular weight is 585 g/mol. The molecule has 0 unspecified atom stereocenters. The first-order valence-corrected chi connectivity index (χ1v) is 17.5. The average Bonchev–Trinajstić information content (AvgIpc) is 2.94. The molecular formula is C38H64O4. The van der Waals surface area contributed by atoms with Crippen molar-refractivity contribution >= 4 is 11.9 Å². The van der Waals surface area contributed by atoms with Crippen LogP contribution in [0.25, 0.3) is 0 Å². The van der Waals surface area contributed by atoms with Crippen molar-refractivity contribution in [2.24, 2.45) is 22.7 Å². The van der Waals surface area contributed by atoms with Gasteiger partial charge in [0.1, 0.15) is 6.61 Å². The third-order valence-corrected chi connectivity index (χ3v) is 10.7. The first-order valence-electron chi connectivity index (χ1n) is 17.5. The maximum atomic E-state index is 12.2. The van der Waals surface area contributed by atoms with Crippen LogP contribution in [0.1, 0.15) is 163 Å². The van der Waals surface area contributed by atoms with E-state index in [9.17, 15) is 14.7 Å². The molecule has 4 nitrogen and oxygen atoms in total. The molecule has 4 heteroatoms. The lowest BCUT2D eigenvalue weighted by atomic mass is 9.46. The lowest BCUT2D eigenvalue weighted by molar-refractivity contribution is -0.164. The highest BCUT2D eigenvalue weighted by atomic mass is 16.5. The lowest BCUT2D eigenvalue weighted by Gasteiger charge is -2.57. The molecular weight excluding hydrogens is 520 g/mol. The minimum absolute atomic E-state index is 0.00257. The molecule has 2 saturated carbocycles.